The van der Waals surface area contributed by atoms with E-state index >= 15 is 0 Å². The van der Waals surface area contributed by atoms with E-state index in [0.29, 0.717) is 24.6 Å². The van der Waals surface area contributed by atoms with Gasteiger partial charge in [-0.1, -0.05) is 42.5 Å². The van der Waals surface area contributed by atoms with E-state index in [2.05, 4.69) is 34.1 Å². The van der Waals surface area contributed by atoms with E-state index in [1.165, 1.54) is 5.56 Å². The van der Waals surface area contributed by atoms with Crippen molar-refractivity contribution in [1.82, 2.24) is 14.9 Å². The Morgan fingerprint density at radius 2 is 1.97 bits per heavy atom. The van der Waals surface area contributed by atoms with E-state index in [0.717, 1.165) is 46.2 Å². The molecule has 1 fully saturated rings. The lowest BCUT2D eigenvalue weighted by Crippen LogP contribution is -2.25. The SMILES string of the molecule is CCOc1ccc(C2CCCN2Cc2nc3sc(-c4ccccc4)cc3c(=O)[nH]2)cc1. The number of nitrogens with zero attached hydrogens (tertiary/aromatic N) is 2. The molecule has 0 aliphatic carbocycles. The van der Waals surface area contributed by atoms with Gasteiger partial charge < -0.3 is 9.72 Å². The molecule has 5 nitrogen and oxygen atoms in total. The molecule has 4 aromatic rings. The minimum atomic E-state index is -0.0600. The number of aromatic nitrogens is 2. The number of nitrogens with one attached hydrogen (secondary N) is 1. The molecule has 1 atom stereocenters. The van der Waals surface area contributed by atoms with Crippen LogP contribution in [0.5, 0.6) is 5.75 Å². The summed E-state index contributed by atoms with van der Waals surface area (Å²) in [6.45, 7) is 4.31. The van der Waals surface area contributed by atoms with Gasteiger partial charge >= 0.3 is 0 Å². The smallest absolute Gasteiger partial charge is 0.259 e. The van der Waals surface area contributed by atoms with Crippen LogP contribution in [-0.4, -0.2) is 28.0 Å². The number of hydrogen-bond acceptors (Lipinski definition) is 5. The van der Waals surface area contributed by atoms with Crippen LogP contribution in [0.3, 0.4) is 0 Å². The fourth-order valence-electron chi connectivity index (χ4n) is 4.33. The molecule has 5 rings (SSSR count). The van der Waals surface area contributed by atoms with Crippen molar-refractivity contribution in [2.45, 2.75) is 32.4 Å². The molecule has 0 saturated carbocycles. The average molecular weight is 432 g/mol. The van der Waals surface area contributed by atoms with Gasteiger partial charge in [0.05, 0.1) is 18.5 Å². The third-order valence-corrected chi connectivity index (χ3v) is 6.88. The van der Waals surface area contributed by atoms with Crippen LogP contribution < -0.4 is 10.3 Å². The molecule has 1 unspecified atom stereocenters. The summed E-state index contributed by atoms with van der Waals surface area (Å²) in [5.74, 6) is 1.64. The maximum absolute atomic E-state index is 12.7. The zero-order valence-electron chi connectivity index (χ0n) is 17.5. The lowest BCUT2D eigenvalue weighted by atomic mass is 10.0. The highest BCUT2D eigenvalue weighted by atomic mass is 32.1. The first-order valence-electron chi connectivity index (χ1n) is 10.8. The molecule has 1 aliphatic rings. The predicted octanol–water partition coefficient (Wildman–Crippen LogP) is 5.39. The molecule has 31 heavy (non-hydrogen) atoms. The predicted molar refractivity (Wildman–Crippen MR) is 126 cm³/mol. The highest BCUT2D eigenvalue weighted by Crippen LogP contribution is 2.34. The highest BCUT2D eigenvalue weighted by molar-refractivity contribution is 7.21. The fourth-order valence-corrected chi connectivity index (χ4v) is 5.39. The van der Waals surface area contributed by atoms with Gasteiger partial charge in [-0.2, -0.15) is 0 Å². The minimum absolute atomic E-state index is 0.0600. The summed E-state index contributed by atoms with van der Waals surface area (Å²) in [7, 11) is 0. The Hall–Kier alpha value is -2.96. The van der Waals surface area contributed by atoms with E-state index in [1.807, 2.05) is 43.3 Å². The van der Waals surface area contributed by atoms with Gasteiger partial charge in [-0.15, -0.1) is 11.3 Å². The number of ether oxygens (including phenoxy) is 1. The molecular weight excluding hydrogens is 406 g/mol. The maximum Gasteiger partial charge on any atom is 0.259 e. The molecule has 0 spiro atoms. The van der Waals surface area contributed by atoms with Crippen LogP contribution in [0.2, 0.25) is 0 Å². The number of rotatable bonds is 6. The summed E-state index contributed by atoms with van der Waals surface area (Å²) in [5.41, 5.74) is 2.34. The second kappa shape index (κ2) is 8.65. The molecule has 0 bridgehead atoms. The lowest BCUT2D eigenvalue weighted by molar-refractivity contribution is 0.242. The van der Waals surface area contributed by atoms with Crippen LogP contribution in [-0.2, 0) is 6.54 Å². The van der Waals surface area contributed by atoms with E-state index in [4.69, 9.17) is 9.72 Å². The number of likely N-dealkylation sites (tertiary alicyclic amines) is 1. The molecule has 0 amide bonds. The van der Waals surface area contributed by atoms with Gasteiger partial charge in [0.25, 0.3) is 5.56 Å². The first kappa shape index (κ1) is 20.0. The van der Waals surface area contributed by atoms with E-state index < -0.39 is 0 Å². The molecule has 6 heteroatoms. The third kappa shape index (κ3) is 4.13. The Balaban J connectivity index is 1.39. The van der Waals surface area contributed by atoms with Gasteiger partial charge in [0.1, 0.15) is 16.4 Å². The number of hydrogen-bond donors (Lipinski definition) is 1. The monoisotopic (exact) mass is 431 g/mol. The Bertz CT molecular complexity index is 1230. The normalized spacial score (nSPS) is 16.7. The number of H-pyrrole nitrogens is 1. The van der Waals surface area contributed by atoms with Gasteiger partial charge in [-0.05, 0) is 55.6 Å². The Morgan fingerprint density at radius 3 is 2.74 bits per heavy atom. The van der Waals surface area contributed by atoms with E-state index in [1.54, 1.807) is 11.3 Å². The topological polar surface area (TPSA) is 58.2 Å². The highest BCUT2D eigenvalue weighted by Gasteiger charge is 2.27. The summed E-state index contributed by atoms with van der Waals surface area (Å²) >= 11 is 1.58. The average Bonchev–Trinajstić information content (AvgIpc) is 3.43. The number of benzene rings is 2. The summed E-state index contributed by atoms with van der Waals surface area (Å²) in [6, 6.07) is 20.8. The quantitative estimate of drug-likeness (QED) is 0.445. The maximum atomic E-state index is 12.7. The van der Waals surface area contributed by atoms with Gasteiger partial charge in [-0.3, -0.25) is 9.69 Å². The summed E-state index contributed by atoms with van der Waals surface area (Å²) in [5, 5.41) is 0.664. The Morgan fingerprint density at radius 1 is 1.16 bits per heavy atom. The van der Waals surface area contributed by atoms with Crippen molar-refractivity contribution in [2.75, 3.05) is 13.2 Å². The first-order valence-corrected chi connectivity index (χ1v) is 11.6. The molecule has 1 saturated heterocycles. The molecule has 1 aliphatic heterocycles. The number of fused-ring (bicyclic) bond motifs is 1. The molecule has 0 radical (unpaired) electrons. The van der Waals surface area contributed by atoms with E-state index in [9.17, 15) is 4.79 Å². The number of thiophene rings is 1. The largest absolute Gasteiger partial charge is 0.494 e. The van der Waals surface area contributed by atoms with Gasteiger partial charge in [-0.25, -0.2) is 4.98 Å². The number of aromatic amines is 1. The minimum Gasteiger partial charge on any atom is -0.494 e. The molecule has 3 heterocycles. The summed E-state index contributed by atoms with van der Waals surface area (Å²) in [4.78, 5) is 24.9. The van der Waals surface area contributed by atoms with Crippen molar-refractivity contribution in [3.63, 3.8) is 0 Å². The second-order valence-electron chi connectivity index (χ2n) is 7.84. The first-order chi connectivity index (χ1) is 15.2. The zero-order valence-corrected chi connectivity index (χ0v) is 18.3. The van der Waals surface area contributed by atoms with Crippen LogP contribution in [0.1, 0.15) is 37.2 Å². The molecule has 2 aromatic carbocycles. The standard InChI is InChI=1S/C25H25N3O2S/c1-2-30-19-12-10-17(11-13-19)21-9-6-14-28(21)16-23-26-24(29)20-15-22(31-25(20)27-23)18-7-4-3-5-8-18/h3-5,7-8,10-13,15,21H,2,6,9,14,16H2,1H3,(H,26,27,29). The second-order valence-corrected chi connectivity index (χ2v) is 8.87. The van der Waals surface area contributed by atoms with Crippen LogP contribution in [0.4, 0.5) is 0 Å². The Labute approximate surface area is 185 Å². The van der Waals surface area contributed by atoms with Crippen molar-refractivity contribution < 1.29 is 4.74 Å². The lowest BCUT2D eigenvalue weighted by Gasteiger charge is -2.24. The van der Waals surface area contributed by atoms with Crippen LogP contribution in [0.15, 0.2) is 65.5 Å². The fraction of sp³-hybridized carbons (Fsp3) is 0.280. The Kier molecular flexibility index (Phi) is 5.57. The van der Waals surface area contributed by atoms with Crippen LogP contribution >= 0.6 is 11.3 Å². The van der Waals surface area contributed by atoms with Gasteiger partial charge in [0.2, 0.25) is 0 Å². The molecule has 2 aromatic heterocycles. The summed E-state index contributed by atoms with van der Waals surface area (Å²) < 4.78 is 5.57. The van der Waals surface area contributed by atoms with Gasteiger partial charge in [0, 0.05) is 10.9 Å². The molecular formula is C25H25N3O2S. The van der Waals surface area contributed by atoms with Crippen molar-refractivity contribution in [3.8, 4) is 16.2 Å². The van der Waals surface area contributed by atoms with Crippen LogP contribution in [0, 0.1) is 0 Å². The van der Waals surface area contributed by atoms with Crippen molar-refractivity contribution in [3.05, 3.63) is 82.4 Å². The van der Waals surface area contributed by atoms with Crippen molar-refractivity contribution >= 4 is 21.6 Å². The molecule has 158 valence electrons. The van der Waals surface area contributed by atoms with Crippen LogP contribution in [0.25, 0.3) is 20.7 Å². The van der Waals surface area contributed by atoms with Crippen molar-refractivity contribution in [1.29, 1.82) is 0 Å². The third-order valence-electron chi connectivity index (χ3n) is 5.80. The van der Waals surface area contributed by atoms with Crippen molar-refractivity contribution in [2.24, 2.45) is 0 Å². The summed E-state index contributed by atoms with van der Waals surface area (Å²) in [6.07, 6.45) is 2.25. The molecule has 1 N–H and O–H groups in total. The van der Waals surface area contributed by atoms with E-state index in [-0.39, 0.29) is 5.56 Å². The van der Waals surface area contributed by atoms with Gasteiger partial charge in [0.15, 0.2) is 0 Å². The zero-order chi connectivity index (χ0) is 21.2.